The van der Waals surface area contributed by atoms with Crippen LogP contribution in [0.4, 0.5) is 16.2 Å². The number of hydrogen-bond donors (Lipinski definition) is 2. The van der Waals surface area contributed by atoms with Crippen molar-refractivity contribution in [2.24, 2.45) is 0 Å². The third-order valence-corrected chi connectivity index (χ3v) is 8.02. The number of carbonyl (C=O) groups is 1. The molecule has 0 unspecified atom stereocenters. The molecule has 218 valence electrons. The molecule has 6 nitrogen and oxygen atoms in total. The maximum Gasteiger partial charge on any atom is 0.323 e. The zero-order valence-electron chi connectivity index (χ0n) is 25.1. The van der Waals surface area contributed by atoms with Crippen molar-refractivity contribution in [2.45, 2.75) is 32.7 Å². The molecule has 6 heteroatoms. The van der Waals surface area contributed by atoms with Gasteiger partial charge < -0.3 is 15.4 Å². The molecule has 1 aromatic heterocycles. The summed E-state index contributed by atoms with van der Waals surface area (Å²) in [7, 11) is 0. The summed E-state index contributed by atoms with van der Waals surface area (Å²) in [5.74, 6) is 0. The van der Waals surface area contributed by atoms with E-state index in [9.17, 15) is 4.79 Å². The Morgan fingerprint density at radius 2 is 1.47 bits per heavy atom. The highest BCUT2D eigenvalue weighted by molar-refractivity contribution is 6.10. The fourth-order valence-electron chi connectivity index (χ4n) is 5.59. The molecule has 0 spiro atoms. The van der Waals surface area contributed by atoms with Gasteiger partial charge in [-0.1, -0.05) is 99.6 Å². The van der Waals surface area contributed by atoms with Crippen LogP contribution in [-0.4, -0.2) is 42.2 Å². The van der Waals surface area contributed by atoms with Gasteiger partial charge in [0, 0.05) is 42.3 Å². The van der Waals surface area contributed by atoms with Gasteiger partial charge in [-0.2, -0.15) is 0 Å². The molecule has 1 aliphatic rings. The quantitative estimate of drug-likeness (QED) is 0.215. The van der Waals surface area contributed by atoms with Crippen LogP contribution in [0.5, 0.6) is 0 Å². The lowest BCUT2D eigenvalue weighted by Gasteiger charge is -2.26. The normalized spacial score (nSPS) is 14.0. The zero-order valence-corrected chi connectivity index (χ0v) is 25.1. The summed E-state index contributed by atoms with van der Waals surface area (Å²) in [5.41, 5.74) is 7.84. The average molecular weight is 571 g/mol. The van der Waals surface area contributed by atoms with Gasteiger partial charge in [0.1, 0.15) is 0 Å². The van der Waals surface area contributed by atoms with E-state index in [1.165, 1.54) is 0 Å². The molecule has 2 heterocycles. The van der Waals surface area contributed by atoms with Gasteiger partial charge >= 0.3 is 6.03 Å². The van der Waals surface area contributed by atoms with Gasteiger partial charge in [0.05, 0.1) is 30.3 Å². The minimum Gasteiger partial charge on any atom is -0.379 e. The van der Waals surface area contributed by atoms with Crippen LogP contribution in [0, 0.1) is 0 Å². The van der Waals surface area contributed by atoms with Crippen molar-refractivity contribution in [3.63, 3.8) is 0 Å². The standard InChI is InChI=1S/C37H38N4O2/c1-37(2,3)28-14-16-31(26-9-5-4-6-10-26)35(23-28)40-36(42)39-34-18-17-30(32-11-7-8-12-33(32)34)27-13-15-29(38-24-27)25-41-19-21-43-22-20-41/h4-18,23-24H,19-22,25H2,1-3H3,(H2,39,40,42). The molecule has 1 aliphatic heterocycles. The number of ether oxygens (including phenoxy) is 1. The molecule has 1 saturated heterocycles. The predicted octanol–water partition coefficient (Wildman–Crippen LogP) is 8.34. The van der Waals surface area contributed by atoms with Gasteiger partial charge in [-0.15, -0.1) is 0 Å². The van der Waals surface area contributed by atoms with Crippen LogP contribution in [0.3, 0.4) is 0 Å². The minimum atomic E-state index is -0.282. The first kappa shape index (κ1) is 28.6. The highest BCUT2D eigenvalue weighted by Crippen LogP contribution is 2.35. The lowest BCUT2D eigenvalue weighted by atomic mass is 9.85. The molecule has 0 saturated carbocycles. The summed E-state index contributed by atoms with van der Waals surface area (Å²) in [6.07, 6.45) is 1.95. The lowest BCUT2D eigenvalue weighted by molar-refractivity contribution is 0.0336. The maximum absolute atomic E-state index is 13.5. The Bertz CT molecular complexity index is 1720. The molecule has 0 aliphatic carbocycles. The fourth-order valence-corrected chi connectivity index (χ4v) is 5.59. The predicted molar refractivity (Wildman–Crippen MR) is 176 cm³/mol. The second-order valence-corrected chi connectivity index (χ2v) is 12.1. The highest BCUT2D eigenvalue weighted by Gasteiger charge is 2.18. The average Bonchev–Trinajstić information content (AvgIpc) is 3.02. The number of morpholine rings is 1. The van der Waals surface area contributed by atoms with E-state index in [1.807, 2.05) is 48.7 Å². The van der Waals surface area contributed by atoms with Crippen molar-refractivity contribution in [1.29, 1.82) is 0 Å². The van der Waals surface area contributed by atoms with Crippen molar-refractivity contribution >= 4 is 28.2 Å². The molecular weight excluding hydrogens is 532 g/mol. The second kappa shape index (κ2) is 12.4. The van der Waals surface area contributed by atoms with Crippen molar-refractivity contribution < 1.29 is 9.53 Å². The number of pyridine rings is 1. The molecule has 0 bridgehead atoms. The lowest BCUT2D eigenvalue weighted by Crippen LogP contribution is -2.35. The Labute approximate surface area is 253 Å². The fraction of sp³-hybridized carbons (Fsp3) is 0.243. The Balaban J connectivity index is 1.25. The third kappa shape index (κ3) is 6.61. The summed E-state index contributed by atoms with van der Waals surface area (Å²) in [5, 5.41) is 8.30. The zero-order chi connectivity index (χ0) is 29.8. The minimum absolute atomic E-state index is 0.0519. The van der Waals surface area contributed by atoms with Gasteiger partial charge in [-0.05, 0) is 45.7 Å². The molecule has 0 radical (unpaired) electrons. The number of amides is 2. The van der Waals surface area contributed by atoms with Gasteiger partial charge in [0.15, 0.2) is 0 Å². The SMILES string of the molecule is CC(C)(C)c1ccc(-c2ccccc2)c(NC(=O)Nc2ccc(-c3ccc(CN4CCOCC4)nc3)c3ccccc23)c1. The number of anilines is 2. The highest BCUT2D eigenvalue weighted by atomic mass is 16.5. The molecule has 43 heavy (non-hydrogen) atoms. The molecular formula is C37H38N4O2. The molecule has 4 aromatic carbocycles. The summed E-state index contributed by atoms with van der Waals surface area (Å²) < 4.78 is 5.47. The van der Waals surface area contributed by atoms with Gasteiger partial charge in [0.25, 0.3) is 0 Å². The van der Waals surface area contributed by atoms with Gasteiger partial charge in [0.2, 0.25) is 0 Å². The first-order chi connectivity index (χ1) is 20.8. The van der Waals surface area contributed by atoms with Crippen molar-refractivity contribution in [3.05, 3.63) is 115 Å². The first-order valence-corrected chi connectivity index (χ1v) is 14.9. The van der Waals surface area contributed by atoms with E-state index in [-0.39, 0.29) is 11.4 Å². The van der Waals surface area contributed by atoms with Crippen LogP contribution in [-0.2, 0) is 16.7 Å². The van der Waals surface area contributed by atoms with Crippen LogP contribution >= 0.6 is 0 Å². The van der Waals surface area contributed by atoms with E-state index in [1.54, 1.807) is 0 Å². The number of rotatable bonds is 6. The number of benzene rings is 4. The molecule has 5 aromatic rings. The summed E-state index contributed by atoms with van der Waals surface area (Å²) in [6.45, 7) is 10.8. The van der Waals surface area contributed by atoms with E-state index in [0.717, 1.165) is 88.5 Å². The van der Waals surface area contributed by atoms with Crippen LogP contribution in [0.25, 0.3) is 33.0 Å². The summed E-state index contributed by atoms with van der Waals surface area (Å²) in [4.78, 5) is 20.6. The molecule has 2 N–H and O–H groups in total. The Morgan fingerprint density at radius 3 is 2.19 bits per heavy atom. The Hall–Kier alpha value is -4.52. The molecule has 6 rings (SSSR count). The summed E-state index contributed by atoms with van der Waals surface area (Å²) >= 11 is 0. The van der Waals surface area contributed by atoms with Crippen LogP contribution in [0.15, 0.2) is 103 Å². The third-order valence-electron chi connectivity index (χ3n) is 8.02. The van der Waals surface area contributed by atoms with Gasteiger partial charge in [-0.3, -0.25) is 9.88 Å². The van der Waals surface area contributed by atoms with Crippen molar-refractivity contribution in [1.82, 2.24) is 9.88 Å². The second-order valence-electron chi connectivity index (χ2n) is 12.1. The van der Waals surface area contributed by atoms with E-state index in [0.29, 0.717) is 0 Å². The number of nitrogens with zero attached hydrogens (tertiary/aromatic N) is 2. The first-order valence-electron chi connectivity index (χ1n) is 14.9. The largest absolute Gasteiger partial charge is 0.379 e. The van der Waals surface area contributed by atoms with E-state index in [4.69, 9.17) is 9.72 Å². The van der Waals surface area contributed by atoms with Gasteiger partial charge in [-0.25, -0.2) is 4.79 Å². The van der Waals surface area contributed by atoms with Crippen molar-refractivity contribution in [3.8, 4) is 22.3 Å². The molecule has 2 amide bonds. The molecule has 0 atom stereocenters. The Kier molecular flexibility index (Phi) is 8.23. The Morgan fingerprint density at radius 1 is 0.767 bits per heavy atom. The molecule has 1 fully saturated rings. The van der Waals surface area contributed by atoms with Crippen LogP contribution in [0.1, 0.15) is 32.0 Å². The maximum atomic E-state index is 13.5. The number of aromatic nitrogens is 1. The van der Waals surface area contributed by atoms with Crippen LogP contribution in [0.2, 0.25) is 0 Å². The van der Waals surface area contributed by atoms with E-state index < -0.39 is 0 Å². The number of nitrogens with one attached hydrogen (secondary N) is 2. The van der Waals surface area contributed by atoms with Crippen LogP contribution < -0.4 is 10.6 Å². The topological polar surface area (TPSA) is 66.5 Å². The number of carbonyl (C=O) groups excluding carboxylic acids is 1. The number of fused-ring (bicyclic) bond motifs is 1. The smallest absolute Gasteiger partial charge is 0.323 e. The van der Waals surface area contributed by atoms with E-state index in [2.05, 4.69) is 90.9 Å². The number of hydrogen-bond acceptors (Lipinski definition) is 4. The number of urea groups is 1. The van der Waals surface area contributed by atoms with Crippen molar-refractivity contribution in [2.75, 3.05) is 36.9 Å². The monoisotopic (exact) mass is 570 g/mol. The summed E-state index contributed by atoms with van der Waals surface area (Å²) in [6, 6.07) is 32.6. The van der Waals surface area contributed by atoms with E-state index >= 15 is 0 Å².